The molecule has 1 aliphatic carbocycles. The molecule has 228 valence electrons. The zero-order valence-electron chi connectivity index (χ0n) is 24.2. The second-order valence-electron chi connectivity index (χ2n) is 11.8. The molecule has 1 amide bonds. The Morgan fingerprint density at radius 1 is 1.12 bits per heavy atom. The Hall–Kier alpha value is -3.61. The number of imidazole rings is 1. The quantitative estimate of drug-likeness (QED) is 0.359. The van der Waals surface area contributed by atoms with E-state index in [-0.39, 0.29) is 24.4 Å². The number of aromatic nitrogens is 4. The van der Waals surface area contributed by atoms with Crippen molar-refractivity contribution in [1.29, 1.82) is 0 Å². The van der Waals surface area contributed by atoms with Crippen LogP contribution in [0.3, 0.4) is 0 Å². The standard InChI is InChI=1S/C29H38F3N7O3/c1-29(2,3)42-28(40)34-19-10-8-18(9-11-19)16-33-27-36-23(38-12-13-41-17-20(38)15-30)14-24(37-27)39-22-7-5-4-6-21(22)35-26(39)25(31)32/h4-7,14,18-20,25H,8-13,15-17H2,1-3H3,(H,34,40)(H,33,36,37)/t18?,19?,20-/m1/s1. The molecular formula is C29H38F3N7O3. The van der Waals surface area contributed by atoms with Gasteiger partial charge in [-0.25, -0.2) is 22.9 Å². The van der Waals surface area contributed by atoms with Crippen LogP contribution in [0.4, 0.5) is 29.7 Å². The van der Waals surface area contributed by atoms with E-state index in [0.29, 0.717) is 42.5 Å². The van der Waals surface area contributed by atoms with Gasteiger partial charge >= 0.3 is 6.09 Å². The van der Waals surface area contributed by atoms with Gasteiger partial charge in [-0.3, -0.25) is 4.57 Å². The van der Waals surface area contributed by atoms with Crippen molar-refractivity contribution in [3.63, 3.8) is 0 Å². The van der Waals surface area contributed by atoms with Crippen LogP contribution in [-0.4, -0.2) is 76.3 Å². The number of nitrogens with zero attached hydrogens (tertiary/aromatic N) is 5. The lowest BCUT2D eigenvalue weighted by Gasteiger charge is -2.35. The molecule has 13 heteroatoms. The van der Waals surface area contributed by atoms with Gasteiger partial charge in [0, 0.05) is 25.2 Å². The summed E-state index contributed by atoms with van der Waals surface area (Å²) in [4.78, 5) is 27.4. The van der Waals surface area contributed by atoms with Crippen molar-refractivity contribution < 1.29 is 27.4 Å². The van der Waals surface area contributed by atoms with Crippen LogP contribution in [0.5, 0.6) is 0 Å². The van der Waals surface area contributed by atoms with Gasteiger partial charge in [0.25, 0.3) is 6.43 Å². The molecule has 2 fully saturated rings. The summed E-state index contributed by atoms with van der Waals surface area (Å²) in [6.45, 7) is 6.42. The second-order valence-corrected chi connectivity index (χ2v) is 11.8. The number of carbonyl (C=O) groups is 1. The number of benzene rings is 1. The summed E-state index contributed by atoms with van der Waals surface area (Å²) < 4.78 is 54.4. The van der Waals surface area contributed by atoms with E-state index in [1.54, 1.807) is 35.2 Å². The number of alkyl carbamates (subject to hydrolysis) is 1. The Labute approximate surface area is 243 Å². The average Bonchev–Trinajstić information content (AvgIpc) is 3.36. The minimum atomic E-state index is -2.83. The predicted octanol–water partition coefficient (Wildman–Crippen LogP) is 5.42. The van der Waals surface area contributed by atoms with Crippen molar-refractivity contribution in [3.05, 3.63) is 36.2 Å². The molecule has 10 nitrogen and oxygen atoms in total. The molecule has 0 spiro atoms. The second kappa shape index (κ2) is 12.7. The molecular weight excluding hydrogens is 551 g/mol. The lowest BCUT2D eigenvalue weighted by molar-refractivity contribution is 0.0488. The Kier molecular flexibility index (Phi) is 9.05. The molecule has 3 heterocycles. The third-order valence-corrected chi connectivity index (χ3v) is 7.53. The van der Waals surface area contributed by atoms with E-state index in [1.165, 1.54) is 4.57 Å². The van der Waals surface area contributed by atoms with Crippen molar-refractivity contribution in [2.75, 3.05) is 43.2 Å². The lowest BCUT2D eigenvalue weighted by Crippen LogP contribution is -2.47. The Morgan fingerprint density at radius 3 is 2.57 bits per heavy atom. The fourth-order valence-corrected chi connectivity index (χ4v) is 5.50. The summed E-state index contributed by atoms with van der Waals surface area (Å²) in [5, 5.41) is 6.26. The van der Waals surface area contributed by atoms with E-state index in [1.807, 2.05) is 20.8 Å². The largest absolute Gasteiger partial charge is 0.444 e. The minimum Gasteiger partial charge on any atom is -0.444 e. The third kappa shape index (κ3) is 7.05. The fraction of sp³-hybridized carbons (Fsp3) is 0.586. The number of morpholine rings is 1. The molecule has 0 bridgehead atoms. The first-order valence-corrected chi connectivity index (χ1v) is 14.4. The van der Waals surface area contributed by atoms with E-state index in [0.717, 1.165) is 25.7 Å². The first kappa shape index (κ1) is 29.9. The van der Waals surface area contributed by atoms with Crippen molar-refractivity contribution >= 4 is 28.9 Å². The number of alkyl halides is 3. The highest BCUT2D eigenvalue weighted by Crippen LogP contribution is 2.31. The number of para-hydroxylation sites is 2. The number of amides is 1. The maximum absolute atomic E-state index is 14.2. The number of anilines is 2. The highest BCUT2D eigenvalue weighted by molar-refractivity contribution is 5.78. The van der Waals surface area contributed by atoms with E-state index in [4.69, 9.17) is 9.47 Å². The van der Waals surface area contributed by atoms with Crippen LogP contribution in [0.2, 0.25) is 0 Å². The van der Waals surface area contributed by atoms with Gasteiger partial charge in [-0.1, -0.05) is 12.1 Å². The predicted molar refractivity (Wildman–Crippen MR) is 153 cm³/mol. The molecule has 2 N–H and O–H groups in total. The summed E-state index contributed by atoms with van der Waals surface area (Å²) in [6.07, 6.45) is 0.111. The minimum absolute atomic E-state index is 0.0449. The molecule has 0 unspecified atom stereocenters. The van der Waals surface area contributed by atoms with Gasteiger partial charge in [0.05, 0.1) is 30.3 Å². The normalized spacial score (nSPS) is 21.5. The lowest BCUT2D eigenvalue weighted by atomic mass is 9.86. The van der Waals surface area contributed by atoms with Gasteiger partial charge in [-0.05, 0) is 64.5 Å². The first-order chi connectivity index (χ1) is 20.1. The van der Waals surface area contributed by atoms with Crippen LogP contribution in [0.25, 0.3) is 16.9 Å². The van der Waals surface area contributed by atoms with E-state index in [2.05, 4.69) is 25.6 Å². The summed E-state index contributed by atoms with van der Waals surface area (Å²) in [5.41, 5.74) is 0.360. The Balaban J connectivity index is 1.36. The zero-order chi connectivity index (χ0) is 29.9. The molecule has 5 rings (SSSR count). The van der Waals surface area contributed by atoms with Crippen LogP contribution in [0.1, 0.15) is 58.7 Å². The highest BCUT2D eigenvalue weighted by Gasteiger charge is 2.28. The summed E-state index contributed by atoms with van der Waals surface area (Å²) >= 11 is 0. The van der Waals surface area contributed by atoms with Crippen molar-refractivity contribution in [3.8, 4) is 5.82 Å². The van der Waals surface area contributed by atoms with Gasteiger partial charge < -0.3 is 25.0 Å². The van der Waals surface area contributed by atoms with Gasteiger partial charge in [0.1, 0.15) is 23.9 Å². The third-order valence-electron chi connectivity index (χ3n) is 7.53. The monoisotopic (exact) mass is 589 g/mol. The smallest absolute Gasteiger partial charge is 0.407 e. The highest BCUT2D eigenvalue weighted by atomic mass is 19.3. The number of carbonyl (C=O) groups excluding carboxylic acids is 1. The molecule has 1 saturated carbocycles. The summed E-state index contributed by atoms with van der Waals surface area (Å²) in [7, 11) is 0. The Bertz CT molecular complexity index is 1370. The molecule has 3 aromatic rings. The van der Waals surface area contributed by atoms with E-state index in [9.17, 15) is 18.0 Å². The number of hydrogen-bond acceptors (Lipinski definition) is 8. The zero-order valence-corrected chi connectivity index (χ0v) is 24.2. The Morgan fingerprint density at radius 2 is 1.86 bits per heavy atom. The molecule has 1 atom stereocenters. The molecule has 2 aliphatic rings. The molecule has 1 saturated heterocycles. The molecule has 0 radical (unpaired) electrons. The number of fused-ring (bicyclic) bond motifs is 1. The summed E-state index contributed by atoms with van der Waals surface area (Å²) in [5.74, 6) is 0.785. The van der Waals surface area contributed by atoms with Gasteiger partial charge in [-0.2, -0.15) is 9.97 Å². The van der Waals surface area contributed by atoms with Crippen LogP contribution in [0, 0.1) is 5.92 Å². The van der Waals surface area contributed by atoms with Crippen molar-refractivity contribution in [2.45, 2.75) is 70.6 Å². The van der Waals surface area contributed by atoms with Crippen LogP contribution in [-0.2, 0) is 9.47 Å². The number of halogens is 3. The first-order valence-electron chi connectivity index (χ1n) is 14.4. The number of hydrogen-bond donors (Lipinski definition) is 2. The van der Waals surface area contributed by atoms with Crippen LogP contribution >= 0.6 is 0 Å². The molecule has 2 aromatic heterocycles. The number of rotatable bonds is 8. The van der Waals surface area contributed by atoms with Crippen LogP contribution < -0.4 is 15.5 Å². The topological polar surface area (TPSA) is 106 Å². The van der Waals surface area contributed by atoms with Gasteiger partial charge in [-0.15, -0.1) is 0 Å². The maximum atomic E-state index is 14.2. The SMILES string of the molecule is CC(C)(C)OC(=O)NC1CCC(CNc2nc(N3CCOC[C@H]3CF)cc(-n3c(C(F)F)nc4ccccc43)n2)CC1. The molecule has 1 aromatic carbocycles. The number of ether oxygens (including phenoxy) is 2. The maximum Gasteiger partial charge on any atom is 0.407 e. The van der Waals surface area contributed by atoms with Crippen LogP contribution in [0.15, 0.2) is 30.3 Å². The van der Waals surface area contributed by atoms with Gasteiger partial charge in [0.2, 0.25) is 5.95 Å². The number of nitrogens with one attached hydrogen (secondary N) is 2. The average molecular weight is 590 g/mol. The van der Waals surface area contributed by atoms with E-state index >= 15 is 0 Å². The summed E-state index contributed by atoms with van der Waals surface area (Å²) in [6, 6.07) is 7.99. The van der Waals surface area contributed by atoms with Gasteiger partial charge in [0.15, 0.2) is 5.82 Å². The fourth-order valence-electron chi connectivity index (χ4n) is 5.50. The molecule has 42 heavy (non-hydrogen) atoms. The van der Waals surface area contributed by atoms with Crippen molar-refractivity contribution in [2.24, 2.45) is 5.92 Å². The molecule has 1 aliphatic heterocycles. The van der Waals surface area contributed by atoms with E-state index < -0.39 is 36.7 Å². The van der Waals surface area contributed by atoms with Crippen molar-refractivity contribution in [1.82, 2.24) is 24.8 Å².